The van der Waals surface area contributed by atoms with Crippen LogP contribution in [0, 0.1) is 13.8 Å². The van der Waals surface area contributed by atoms with Crippen LogP contribution in [0.3, 0.4) is 0 Å². The summed E-state index contributed by atoms with van der Waals surface area (Å²) in [4.78, 5) is 7.18. The van der Waals surface area contributed by atoms with Gasteiger partial charge in [0.2, 0.25) is 0 Å². The van der Waals surface area contributed by atoms with Crippen molar-refractivity contribution in [3.05, 3.63) is 53.0 Å². The van der Waals surface area contributed by atoms with Crippen LogP contribution in [0.15, 0.2) is 39.7 Å². The largest absolute Gasteiger partial charge is 0.496 e. The summed E-state index contributed by atoms with van der Waals surface area (Å²) in [6, 6.07) is 10.4. The highest BCUT2D eigenvalue weighted by molar-refractivity contribution is 5.79. The fourth-order valence-electron chi connectivity index (χ4n) is 3.61. The van der Waals surface area contributed by atoms with Gasteiger partial charge in [-0.2, -0.15) is 0 Å². The van der Waals surface area contributed by atoms with Gasteiger partial charge in [-0.3, -0.25) is 4.90 Å². The van der Waals surface area contributed by atoms with E-state index in [1.165, 1.54) is 5.56 Å². The molecule has 7 heteroatoms. The highest BCUT2D eigenvalue weighted by atomic mass is 16.5. The minimum Gasteiger partial charge on any atom is -0.496 e. The van der Waals surface area contributed by atoms with Gasteiger partial charge >= 0.3 is 0 Å². The highest BCUT2D eigenvalue weighted by Gasteiger charge is 2.25. The molecule has 2 N–H and O–H groups in total. The molecular weight excluding hydrogens is 380 g/mol. The number of guanidine groups is 1. The van der Waals surface area contributed by atoms with Crippen LogP contribution in [-0.2, 0) is 11.3 Å². The molecule has 3 rings (SSSR count). The van der Waals surface area contributed by atoms with E-state index >= 15 is 0 Å². The van der Waals surface area contributed by atoms with E-state index in [-0.39, 0.29) is 6.04 Å². The number of morpholine rings is 1. The Morgan fingerprint density at radius 3 is 2.63 bits per heavy atom. The Morgan fingerprint density at radius 1 is 1.17 bits per heavy atom. The minimum atomic E-state index is 0.125. The lowest BCUT2D eigenvalue weighted by molar-refractivity contribution is 0.0124. The molecule has 0 bridgehead atoms. The number of nitrogens with zero attached hydrogens (tertiary/aromatic N) is 2. The molecule has 0 saturated carbocycles. The van der Waals surface area contributed by atoms with Gasteiger partial charge in [-0.1, -0.05) is 12.1 Å². The maximum atomic E-state index is 5.96. The standard InChI is InChI=1S/C23H34N4O3/c1-5-24-23(25-15-19-8-6-17(2)14-22(19)28-4)26-16-20(21-9-7-18(3)30-21)27-10-12-29-13-11-27/h6-9,14,20H,5,10-13,15-16H2,1-4H3,(H2,24,25,26). The molecule has 7 nitrogen and oxygen atoms in total. The van der Waals surface area contributed by atoms with Gasteiger partial charge in [-0.25, -0.2) is 4.99 Å². The number of furan rings is 1. The lowest BCUT2D eigenvalue weighted by atomic mass is 10.1. The topological polar surface area (TPSA) is 71.3 Å². The lowest BCUT2D eigenvalue weighted by Crippen LogP contribution is -2.46. The molecule has 0 radical (unpaired) electrons. The predicted octanol–water partition coefficient (Wildman–Crippen LogP) is 3.03. The maximum Gasteiger partial charge on any atom is 0.191 e. The first-order valence-electron chi connectivity index (χ1n) is 10.6. The summed E-state index contributed by atoms with van der Waals surface area (Å²) < 4.78 is 17.0. The number of ether oxygens (including phenoxy) is 2. The molecule has 1 atom stereocenters. The molecule has 1 fully saturated rings. The molecule has 1 aliphatic rings. The molecule has 0 amide bonds. The fourth-order valence-corrected chi connectivity index (χ4v) is 3.61. The van der Waals surface area contributed by atoms with Crippen LogP contribution < -0.4 is 15.4 Å². The zero-order valence-electron chi connectivity index (χ0n) is 18.5. The molecule has 1 aliphatic heterocycles. The van der Waals surface area contributed by atoms with Gasteiger partial charge in [-0.05, 0) is 44.5 Å². The van der Waals surface area contributed by atoms with Gasteiger partial charge in [0.05, 0.1) is 32.9 Å². The van der Waals surface area contributed by atoms with Gasteiger partial charge in [0.1, 0.15) is 17.3 Å². The second-order valence-electron chi connectivity index (χ2n) is 7.50. The number of rotatable bonds is 8. The molecule has 164 valence electrons. The highest BCUT2D eigenvalue weighted by Crippen LogP contribution is 2.24. The van der Waals surface area contributed by atoms with Gasteiger partial charge in [-0.15, -0.1) is 0 Å². The lowest BCUT2D eigenvalue weighted by Gasteiger charge is -2.33. The summed E-state index contributed by atoms with van der Waals surface area (Å²) >= 11 is 0. The van der Waals surface area contributed by atoms with E-state index < -0.39 is 0 Å². The van der Waals surface area contributed by atoms with E-state index in [1.54, 1.807) is 7.11 Å². The number of nitrogens with one attached hydrogen (secondary N) is 2. The van der Waals surface area contributed by atoms with Crippen molar-refractivity contribution >= 4 is 5.96 Å². The summed E-state index contributed by atoms with van der Waals surface area (Å²) in [6.45, 7) is 11.4. The van der Waals surface area contributed by atoms with Gasteiger partial charge in [0.15, 0.2) is 5.96 Å². The van der Waals surface area contributed by atoms with Crippen molar-refractivity contribution in [1.82, 2.24) is 15.5 Å². The zero-order chi connectivity index (χ0) is 21.3. The van der Waals surface area contributed by atoms with Crippen LogP contribution in [0.1, 0.15) is 35.6 Å². The van der Waals surface area contributed by atoms with Crippen molar-refractivity contribution < 1.29 is 13.9 Å². The molecular formula is C23H34N4O3. The monoisotopic (exact) mass is 414 g/mol. The fraction of sp³-hybridized carbons (Fsp3) is 0.522. The van der Waals surface area contributed by atoms with E-state index in [0.717, 1.165) is 61.6 Å². The Hall–Kier alpha value is -2.51. The second-order valence-corrected chi connectivity index (χ2v) is 7.50. The first-order valence-corrected chi connectivity index (χ1v) is 10.6. The number of benzene rings is 1. The van der Waals surface area contributed by atoms with Crippen molar-refractivity contribution in [1.29, 1.82) is 0 Å². The minimum absolute atomic E-state index is 0.125. The summed E-state index contributed by atoms with van der Waals surface area (Å²) in [5.74, 6) is 3.54. The predicted molar refractivity (Wildman–Crippen MR) is 119 cm³/mol. The van der Waals surface area contributed by atoms with Gasteiger partial charge < -0.3 is 24.5 Å². The molecule has 0 aliphatic carbocycles. The summed E-state index contributed by atoms with van der Waals surface area (Å²) in [5.41, 5.74) is 2.23. The third-order valence-corrected chi connectivity index (χ3v) is 5.23. The molecule has 1 aromatic carbocycles. The van der Waals surface area contributed by atoms with Crippen molar-refractivity contribution in [2.75, 3.05) is 46.5 Å². The number of methoxy groups -OCH3 is 1. The van der Waals surface area contributed by atoms with Crippen LogP contribution in [-0.4, -0.2) is 57.4 Å². The van der Waals surface area contributed by atoms with Crippen LogP contribution in [0.4, 0.5) is 0 Å². The smallest absolute Gasteiger partial charge is 0.191 e. The van der Waals surface area contributed by atoms with Gasteiger partial charge in [0, 0.05) is 31.7 Å². The Bertz CT molecular complexity index is 828. The average molecular weight is 415 g/mol. The molecule has 1 unspecified atom stereocenters. The van der Waals surface area contributed by atoms with Crippen molar-refractivity contribution in [2.24, 2.45) is 4.99 Å². The molecule has 0 spiro atoms. The first-order chi connectivity index (χ1) is 14.6. The summed E-state index contributed by atoms with van der Waals surface area (Å²) in [6.07, 6.45) is 0. The van der Waals surface area contributed by atoms with E-state index in [4.69, 9.17) is 18.9 Å². The first kappa shape index (κ1) is 22.2. The van der Waals surface area contributed by atoms with Gasteiger partial charge in [0.25, 0.3) is 0 Å². The Kier molecular flexibility index (Phi) is 8.16. The number of aliphatic imine (C=N–C) groups is 1. The maximum absolute atomic E-state index is 5.96. The van der Waals surface area contributed by atoms with E-state index in [0.29, 0.717) is 13.1 Å². The van der Waals surface area contributed by atoms with Crippen LogP contribution >= 0.6 is 0 Å². The molecule has 2 heterocycles. The molecule has 1 aromatic heterocycles. The molecule has 30 heavy (non-hydrogen) atoms. The SMILES string of the molecule is CCNC(=NCc1ccc(C)cc1OC)NCC(c1ccc(C)o1)N1CCOCC1. The van der Waals surface area contributed by atoms with Crippen molar-refractivity contribution in [3.63, 3.8) is 0 Å². The van der Waals surface area contributed by atoms with Crippen molar-refractivity contribution in [2.45, 2.75) is 33.4 Å². The third-order valence-electron chi connectivity index (χ3n) is 5.23. The van der Waals surface area contributed by atoms with Crippen LogP contribution in [0.5, 0.6) is 5.75 Å². The summed E-state index contributed by atoms with van der Waals surface area (Å²) in [7, 11) is 1.70. The summed E-state index contributed by atoms with van der Waals surface area (Å²) in [5, 5.41) is 6.84. The molecule has 2 aromatic rings. The van der Waals surface area contributed by atoms with E-state index in [2.05, 4.69) is 47.6 Å². The van der Waals surface area contributed by atoms with Crippen molar-refractivity contribution in [3.8, 4) is 5.75 Å². The van der Waals surface area contributed by atoms with Crippen LogP contribution in [0.2, 0.25) is 0 Å². The molecule has 1 saturated heterocycles. The quantitative estimate of drug-likeness (QED) is 0.511. The third kappa shape index (κ3) is 6.00. The zero-order valence-corrected chi connectivity index (χ0v) is 18.5. The average Bonchev–Trinajstić information content (AvgIpc) is 3.19. The Morgan fingerprint density at radius 2 is 1.97 bits per heavy atom. The van der Waals surface area contributed by atoms with Crippen LogP contribution in [0.25, 0.3) is 0 Å². The Labute approximate surface area is 179 Å². The normalized spacial score (nSPS) is 16.3. The number of hydrogen-bond acceptors (Lipinski definition) is 5. The number of hydrogen-bond donors (Lipinski definition) is 2. The van der Waals surface area contributed by atoms with E-state index in [1.807, 2.05) is 19.1 Å². The second kappa shape index (κ2) is 11.0. The Balaban J connectivity index is 1.71. The number of aryl methyl sites for hydroxylation is 2. The van der Waals surface area contributed by atoms with E-state index in [9.17, 15) is 0 Å².